The molecule has 4 nitrogen and oxygen atoms in total. The Morgan fingerprint density at radius 1 is 1.44 bits per heavy atom. The zero-order chi connectivity index (χ0) is 10.3. The SMILES string of the molecule is Cc1nnsc1-c1cc2c([nH]1)CCNC2.Cl. The second-order valence-electron chi connectivity index (χ2n) is 3.80. The molecule has 0 unspecified atom stereocenters. The summed E-state index contributed by atoms with van der Waals surface area (Å²) in [7, 11) is 0. The summed E-state index contributed by atoms with van der Waals surface area (Å²) in [6, 6.07) is 2.21. The molecule has 0 radical (unpaired) electrons. The van der Waals surface area contributed by atoms with Crippen molar-refractivity contribution >= 4 is 23.9 Å². The summed E-state index contributed by atoms with van der Waals surface area (Å²) in [4.78, 5) is 4.62. The summed E-state index contributed by atoms with van der Waals surface area (Å²) < 4.78 is 3.96. The van der Waals surface area contributed by atoms with Crippen LogP contribution in [-0.2, 0) is 13.0 Å². The first-order valence-corrected chi connectivity index (χ1v) is 5.83. The molecule has 2 aromatic heterocycles. The van der Waals surface area contributed by atoms with Crippen molar-refractivity contribution in [1.29, 1.82) is 0 Å². The van der Waals surface area contributed by atoms with Crippen LogP contribution < -0.4 is 5.32 Å². The van der Waals surface area contributed by atoms with E-state index in [1.165, 1.54) is 22.8 Å². The molecule has 0 saturated carbocycles. The molecule has 2 N–H and O–H groups in total. The predicted molar refractivity (Wildman–Crippen MR) is 67.1 cm³/mol. The Morgan fingerprint density at radius 2 is 2.31 bits per heavy atom. The summed E-state index contributed by atoms with van der Waals surface area (Å²) in [6.07, 6.45) is 1.08. The van der Waals surface area contributed by atoms with E-state index < -0.39 is 0 Å². The summed E-state index contributed by atoms with van der Waals surface area (Å²) in [6.45, 7) is 4.03. The highest BCUT2D eigenvalue weighted by atomic mass is 35.5. The van der Waals surface area contributed by atoms with Crippen molar-refractivity contribution in [3.05, 3.63) is 23.0 Å². The molecular weight excluding hydrogens is 244 g/mol. The van der Waals surface area contributed by atoms with Gasteiger partial charge in [0.25, 0.3) is 0 Å². The zero-order valence-corrected chi connectivity index (χ0v) is 10.5. The predicted octanol–water partition coefficient (Wildman–Crippen LogP) is 1.91. The maximum Gasteiger partial charge on any atom is 0.0945 e. The van der Waals surface area contributed by atoms with Crippen LogP contribution in [-0.4, -0.2) is 21.1 Å². The van der Waals surface area contributed by atoms with Crippen LogP contribution in [0, 0.1) is 6.92 Å². The van der Waals surface area contributed by atoms with Crippen molar-refractivity contribution in [1.82, 2.24) is 19.9 Å². The minimum absolute atomic E-state index is 0. The lowest BCUT2D eigenvalue weighted by Crippen LogP contribution is -2.22. The number of fused-ring (bicyclic) bond motifs is 1. The molecule has 0 spiro atoms. The number of hydrogen-bond donors (Lipinski definition) is 2. The number of halogens is 1. The maximum absolute atomic E-state index is 4.03. The lowest BCUT2D eigenvalue weighted by molar-refractivity contribution is 0.638. The van der Waals surface area contributed by atoms with Crippen LogP contribution in [0.2, 0.25) is 0 Å². The Labute approximate surface area is 104 Å². The second-order valence-corrected chi connectivity index (χ2v) is 4.56. The molecule has 0 aliphatic carbocycles. The molecule has 0 amide bonds. The monoisotopic (exact) mass is 256 g/mol. The van der Waals surface area contributed by atoms with E-state index in [4.69, 9.17) is 0 Å². The molecule has 0 fully saturated rings. The molecule has 0 saturated heterocycles. The van der Waals surface area contributed by atoms with E-state index in [0.717, 1.165) is 35.8 Å². The maximum atomic E-state index is 4.03. The van der Waals surface area contributed by atoms with Gasteiger partial charge in [0.2, 0.25) is 0 Å². The number of aromatic nitrogens is 3. The van der Waals surface area contributed by atoms with Gasteiger partial charge in [0.15, 0.2) is 0 Å². The first kappa shape index (κ1) is 11.6. The van der Waals surface area contributed by atoms with Crippen molar-refractivity contribution in [3.63, 3.8) is 0 Å². The molecular formula is C10H13ClN4S. The highest BCUT2D eigenvalue weighted by Crippen LogP contribution is 2.27. The van der Waals surface area contributed by atoms with Crippen molar-refractivity contribution in [2.75, 3.05) is 6.54 Å². The van der Waals surface area contributed by atoms with E-state index in [1.807, 2.05) is 6.92 Å². The van der Waals surface area contributed by atoms with Gasteiger partial charge in [-0.1, -0.05) is 4.49 Å². The van der Waals surface area contributed by atoms with E-state index in [9.17, 15) is 0 Å². The Hall–Kier alpha value is -0.910. The largest absolute Gasteiger partial charge is 0.357 e. The molecule has 16 heavy (non-hydrogen) atoms. The Balaban J connectivity index is 0.000000963. The van der Waals surface area contributed by atoms with Crippen molar-refractivity contribution in [2.45, 2.75) is 19.9 Å². The van der Waals surface area contributed by atoms with Gasteiger partial charge in [0, 0.05) is 25.2 Å². The van der Waals surface area contributed by atoms with E-state index in [0.29, 0.717) is 0 Å². The molecule has 0 atom stereocenters. The van der Waals surface area contributed by atoms with Crippen LogP contribution in [0.25, 0.3) is 10.6 Å². The minimum atomic E-state index is 0. The third-order valence-corrected chi connectivity index (χ3v) is 3.62. The Morgan fingerprint density at radius 3 is 3.00 bits per heavy atom. The van der Waals surface area contributed by atoms with Gasteiger partial charge in [-0.3, -0.25) is 0 Å². The van der Waals surface area contributed by atoms with Gasteiger partial charge in [0.1, 0.15) is 0 Å². The lowest BCUT2D eigenvalue weighted by Gasteiger charge is -2.11. The fourth-order valence-electron chi connectivity index (χ4n) is 1.96. The Bertz CT molecular complexity index is 467. The number of hydrogen-bond acceptors (Lipinski definition) is 4. The fourth-order valence-corrected chi connectivity index (χ4v) is 2.58. The van der Waals surface area contributed by atoms with Crippen LogP contribution in [0.4, 0.5) is 0 Å². The van der Waals surface area contributed by atoms with Crippen molar-refractivity contribution in [3.8, 4) is 10.6 Å². The normalized spacial score (nSPS) is 14.3. The fraction of sp³-hybridized carbons (Fsp3) is 0.400. The quantitative estimate of drug-likeness (QED) is 0.820. The third kappa shape index (κ3) is 1.86. The number of H-pyrrole nitrogens is 1. The summed E-state index contributed by atoms with van der Waals surface area (Å²) in [5, 5.41) is 7.40. The highest BCUT2D eigenvalue weighted by Gasteiger charge is 2.15. The molecule has 86 valence electrons. The van der Waals surface area contributed by atoms with Gasteiger partial charge in [-0.05, 0) is 30.1 Å². The third-order valence-electron chi connectivity index (χ3n) is 2.76. The second kappa shape index (κ2) is 4.53. The van der Waals surface area contributed by atoms with Crippen LogP contribution in [0.5, 0.6) is 0 Å². The van der Waals surface area contributed by atoms with E-state index in [-0.39, 0.29) is 12.4 Å². The van der Waals surface area contributed by atoms with Crippen LogP contribution >= 0.6 is 23.9 Å². The number of aromatic amines is 1. The van der Waals surface area contributed by atoms with E-state index in [1.54, 1.807) is 0 Å². The molecule has 0 bridgehead atoms. The van der Waals surface area contributed by atoms with Crippen molar-refractivity contribution < 1.29 is 0 Å². The summed E-state index contributed by atoms with van der Waals surface area (Å²) >= 11 is 1.45. The number of nitrogens with zero attached hydrogens (tertiary/aromatic N) is 2. The van der Waals surface area contributed by atoms with Gasteiger partial charge in [0.05, 0.1) is 16.3 Å². The average Bonchev–Trinajstić information content (AvgIpc) is 2.82. The first-order valence-electron chi connectivity index (χ1n) is 5.05. The number of aryl methyl sites for hydroxylation is 1. The molecule has 3 rings (SSSR count). The number of nitrogens with one attached hydrogen (secondary N) is 2. The van der Waals surface area contributed by atoms with Crippen LogP contribution in [0.15, 0.2) is 6.07 Å². The molecule has 0 aromatic carbocycles. The molecule has 2 aromatic rings. The summed E-state index contributed by atoms with van der Waals surface area (Å²) in [5.41, 5.74) is 4.91. The van der Waals surface area contributed by atoms with Gasteiger partial charge >= 0.3 is 0 Å². The van der Waals surface area contributed by atoms with Crippen LogP contribution in [0.3, 0.4) is 0 Å². The van der Waals surface area contributed by atoms with Crippen LogP contribution in [0.1, 0.15) is 17.0 Å². The molecule has 1 aliphatic rings. The van der Waals surface area contributed by atoms with Gasteiger partial charge in [-0.2, -0.15) is 0 Å². The topological polar surface area (TPSA) is 53.6 Å². The average molecular weight is 257 g/mol. The smallest absolute Gasteiger partial charge is 0.0945 e. The molecule has 3 heterocycles. The van der Waals surface area contributed by atoms with E-state index >= 15 is 0 Å². The van der Waals surface area contributed by atoms with Gasteiger partial charge in [-0.25, -0.2) is 0 Å². The zero-order valence-electron chi connectivity index (χ0n) is 8.91. The minimum Gasteiger partial charge on any atom is -0.357 e. The lowest BCUT2D eigenvalue weighted by atomic mass is 10.1. The Kier molecular flexibility index (Phi) is 3.28. The molecule has 6 heteroatoms. The number of rotatable bonds is 1. The first-order chi connectivity index (χ1) is 7.34. The summed E-state index contributed by atoms with van der Waals surface area (Å²) in [5.74, 6) is 0. The molecule has 1 aliphatic heterocycles. The van der Waals surface area contributed by atoms with Gasteiger partial charge in [-0.15, -0.1) is 17.5 Å². The standard InChI is InChI=1S/C10H12N4S.ClH/c1-6-10(15-14-13-6)9-4-7-5-11-3-2-8(7)12-9;/h4,11-12H,2-3,5H2,1H3;1H. The van der Waals surface area contributed by atoms with Crippen molar-refractivity contribution in [2.24, 2.45) is 0 Å². The van der Waals surface area contributed by atoms with E-state index in [2.05, 4.69) is 26.0 Å². The van der Waals surface area contributed by atoms with Gasteiger partial charge < -0.3 is 10.3 Å². The highest BCUT2D eigenvalue weighted by molar-refractivity contribution is 7.09.